The summed E-state index contributed by atoms with van der Waals surface area (Å²) in [7, 11) is 2.98. The molecule has 5 aromatic rings. The van der Waals surface area contributed by atoms with Crippen molar-refractivity contribution in [2.24, 2.45) is 11.8 Å². The van der Waals surface area contributed by atoms with Crippen molar-refractivity contribution in [1.82, 2.24) is 44.5 Å². The van der Waals surface area contributed by atoms with Crippen molar-refractivity contribution in [2.75, 3.05) is 32.2 Å². The average molecular weight is 877 g/mol. The number of anilines is 1. The van der Waals surface area contributed by atoms with Crippen molar-refractivity contribution in [3.63, 3.8) is 0 Å². The first-order valence-electron chi connectivity index (χ1n) is 21.8. The number of imide groups is 1. The van der Waals surface area contributed by atoms with E-state index in [-0.39, 0.29) is 24.3 Å². The summed E-state index contributed by atoms with van der Waals surface area (Å²) >= 11 is 0. The van der Waals surface area contributed by atoms with E-state index in [4.69, 9.17) is 32.1 Å². The summed E-state index contributed by atoms with van der Waals surface area (Å²) in [6.07, 6.45) is 18.9. The van der Waals surface area contributed by atoms with E-state index in [0.717, 1.165) is 52.9 Å². The third kappa shape index (κ3) is 11.7. The predicted molar refractivity (Wildman–Crippen MR) is 240 cm³/mol. The largest absolute Gasteiger partial charge is 0.443 e. The molecule has 2 amide bonds. The molecule has 64 heavy (non-hydrogen) atoms. The molecule has 7 rings (SSSR count). The molecular formula is C46H60N12O6. The quantitative estimate of drug-likeness (QED) is 0.0874. The highest BCUT2D eigenvalue weighted by atomic mass is 16.7. The minimum atomic E-state index is -0.946. The number of aromatic amines is 1. The molecular weight excluding hydrogens is 817 g/mol. The van der Waals surface area contributed by atoms with Gasteiger partial charge in [-0.15, -0.1) is 0 Å². The second-order valence-electron chi connectivity index (χ2n) is 18.2. The maximum atomic E-state index is 13.5. The molecule has 340 valence electrons. The Kier molecular flexibility index (Phi) is 15.5. The van der Waals surface area contributed by atoms with Crippen LogP contribution in [-0.4, -0.2) is 101 Å². The van der Waals surface area contributed by atoms with E-state index < -0.39 is 29.7 Å². The Bertz CT molecular complexity index is 2390. The first kappa shape index (κ1) is 47.2. The minimum absolute atomic E-state index is 0.0150. The number of H-pyrrole nitrogens is 1. The summed E-state index contributed by atoms with van der Waals surface area (Å²) in [5.41, 5.74) is 2.38. The molecule has 0 saturated heterocycles. The third-order valence-electron chi connectivity index (χ3n) is 11.4. The van der Waals surface area contributed by atoms with Gasteiger partial charge in [0.2, 0.25) is 13.1 Å². The van der Waals surface area contributed by atoms with Gasteiger partial charge in [-0.05, 0) is 85.1 Å². The fourth-order valence-corrected chi connectivity index (χ4v) is 8.48. The van der Waals surface area contributed by atoms with E-state index in [1.165, 1.54) is 46.2 Å². The van der Waals surface area contributed by atoms with Gasteiger partial charge in [-0.1, -0.05) is 25.7 Å². The van der Waals surface area contributed by atoms with Gasteiger partial charge < -0.3 is 33.6 Å². The number of ether oxygens (including phenoxy) is 4. The maximum absolute atomic E-state index is 13.5. The number of fused-ring (bicyclic) bond motifs is 1. The number of hydrogen-bond donors (Lipinski definition) is 1. The second-order valence-corrected chi connectivity index (χ2v) is 18.2. The van der Waals surface area contributed by atoms with Gasteiger partial charge in [0.15, 0.2) is 12.1 Å². The molecule has 2 saturated carbocycles. The smallest absolute Gasteiger partial charge is 0.425 e. The lowest BCUT2D eigenvalue weighted by atomic mass is 9.98. The van der Waals surface area contributed by atoms with Crippen LogP contribution in [0.4, 0.5) is 15.4 Å². The number of carbonyl (C=O) groups is 2. The molecule has 18 nitrogen and oxygen atoms in total. The molecule has 2 aliphatic carbocycles. The monoisotopic (exact) mass is 876 g/mol. The van der Waals surface area contributed by atoms with E-state index >= 15 is 0 Å². The molecule has 5 aromatic heterocycles. The van der Waals surface area contributed by atoms with Crippen LogP contribution in [-0.2, 0) is 25.4 Å². The van der Waals surface area contributed by atoms with Gasteiger partial charge >= 0.3 is 12.2 Å². The fourth-order valence-electron chi connectivity index (χ4n) is 8.48. The second kappa shape index (κ2) is 21.0. The summed E-state index contributed by atoms with van der Waals surface area (Å²) in [5.74, 6) is 0.923. The van der Waals surface area contributed by atoms with Gasteiger partial charge in [0, 0.05) is 61.3 Å². The van der Waals surface area contributed by atoms with Gasteiger partial charge in [-0.25, -0.2) is 42.7 Å². The molecule has 0 spiro atoms. The Labute approximate surface area is 374 Å². The number of amides is 2. The van der Waals surface area contributed by atoms with Crippen LogP contribution in [0.5, 0.6) is 0 Å². The molecule has 0 unspecified atom stereocenters. The Morgan fingerprint density at radius 3 is 1.73 bits per heavy atom. The molecule has 2 fully saturated rings. The van der Waals surface area contributed by atoms with E-state index in [1.807, 2.05) is 40.2 Å². The summed E-state index contributed by atoms with van der Waals surface area (Å²) in [6.45, 7) is 25.8. The lowest BCUT2D eigenvalue weighted by Crippen LogP contribution is -2.45. The first-order chi connectivity index (χ1) is 30.6. The van der Waals surface area contributed by atoms with Crippen molar-refractivity contribution in [3.05, 3.63) is 78.1 Å². The summed E-state index contributed by atoms with van der Waals surface area (Å²) in [5, 5.41) is 10.2. The van der Waals surface area contributed by atoms with Crippen molar-refractivity contribution < 1.29 is 28.5 Å². The topological polar surface area (TPSA) is 186 Å². The van der Waals surface area contributed by atoms with Gasteiger partial charge in [-0.3, -0.25) is 9.36 Å². The third-order valence-corrected chi connectivity index (χ3v) is 11.4. The fraction of sp³-hybridized carbons (Fsp3) is 0.565. The number of hydrogen-bond acceptors (Lipinski definition) is 12. The Morgan fingerprint density at radius 2 is 1.25 bits per heavy atom. The average Bonchev–Trinajstić information content (AvgIpc) is 4.11. The summed E-state index contributed by atoms with van der Waals surface area (Å²) in [6, 6.07) is 2.10. The van der Waals surface area contributed by atoms with Crippen LogP contribution in [0, 0.1) is 25.0 Å². The van der Waals surface area contributed by atoms with Gasteiger partial charge in [0.1, 0.15) is 41.6 Å². The van der Waals surface area contributed by atoms with Gasteiger partial charge in [0.05, 0.1) is 23.8 Å². The lowest BCUT2D eigenvalue weighted by Gasteiger charge is -2.29. The van der Waals surface area contributed by atoms with Crippen molar-refractivity contribution in [1.29, 1.82) is 0 Å². The van der Waals surface area contributed by atoms with Crippen LogP contribution >= 0.6 is 0 Å². The lowest BCUT2D eigenvalue weighted by molar-refractivity contribution is -0.100. The number of rotatable bonds is 13. The number of carbonyl (C=O) groups excluding carboxylic acids is 2. The first-order valence-corrected chi connectivity index (χ1v) is 21.8. The van der Waals surface area contributed by atoms with Gasteiger partial charge in [0.25, 0.3) is 0 Å². The normalized spacial score (nSPS) is 15.6. The molecule has 0 bridgehead atoms. The molecule has 0 aromatic carbocycles. The number of nitrogens with one attached hydrogen (secondary N) is 1. The maximum Gasteiger partial charge on any atom is 0.425 e. The summed E-state index contributed by atoms with van der Waals surface area (Å²) < 4.78 is 25.9. The SMILES string of the molecule is [C-]#[N+]C[C@H](C1CCCC1)n1cc(-c2ncnc(N(C(=O)OC(C)(C)C)C(=O)OC(C)(C)C)c2CC(OC)OC)cn1.[C-]#[N+]C[C@H](C1CCCC1)n1cc(-c2ncnc3[nH]ccc23)cn1. The van der Waals surface area contributed by atoms with Crippen molar-refractivity contribution >= 4 is 29.0 Å². The molecule has 0 radical (unpaired) electrons. The molecule has 2 atom stereocenters. The van der Waals surface area contributed by atoms with Gasteiger partial charge in [-0.2, -0.15) is 15.1 Å². The molecule has 0 aliphatic heterocycles. The highest BCUT2D eigenvalue weighted by Gasteiger charge is 2.37. The van der Waals surface area contributed by atoms with Crippen LogP contribution < -0.4 is 4.90 Å². The molecule has 1 N–H and O–H groups in total. The van der Waals surface area contributed by atoms with Crippen LogP contribution in [0.1, 0.15) is 111 Å². The van der Waals surface area contributed by atoms with Crippen molar-refractivity contribution in [3.8, 4) is 22.5 Å². The minimum Gasteiger partial charge on any atom is -0.443 e. The highest BCUT2D eigenvalue weighted by Crippen LogP contribution is 2.38. The standard InChI is InChI=1S/C29H42N6O6.C17H18N6/c1-28(2,3)40-26(36)35(27(37)41-29(4,5)6)25-21(14-23(38-8)39-9)24(31-18-32-25)20-15-33-34(17-20)22(16-30-7)19-12-10-11-13-19;1-18-9-15(12-4-2-3-5-12)23-10-13(8-22-23)16-14-6-7-19-17(14)21-11-20-16/h15,17-19,22-23H,10-14,16H2,1-6,8-9H3;6-8,10-12,15H,2-5,9H2,(H,19,20,21)/t22-;15-/m11/s1. The van der Waals surface area contributed by atoms with Crippen LogP contribution in [0.25, 0.3) is 43.2 Å². The van der Waals surface area contributed by atoms with E-state index in [0.29, 0.717) is 41.7 Å². The zero-order valence-electron chi connectivity index (χ0n) is 38.2. The summed E-state index contributed by atoms with van der Waals surface area (Å²) in [4.78, 5) is 55.7. The van der Waals surface area contributed by atoms with E-state index in [2.05, 4.69) is 44.8 Å². The molecule has 18 heteroatoms. The number of nitrogens with zero attached hydrogens (tertiary/aromatic N) is 11. The molecule has 2 aliphatic rings. The van der Waals surface area contributed by atoms with Crippen molar-refractivity contribution in [2.45, 2.75) is 129 Å². The van der Waals surface area contributed by atoms with Crippen LogP contribution in [0.15, 0.2) is 49.7 Å². The zero-order valence-corrected chi connectivity index (χ0v) is 38.2. The highest BCUT2D eigenvalue weighted by molar-refractivity contribution is 6.09. The Hall–Kier alpha value is -6.24. The van der Waals surface area contributed by atoms with E-state index in [9.17, 15) is 9.59 Å². The Balaban J connectivity index is 0.000000247. The van der Waals surface area contributed by atoms with E-state index in [1.54, 1.807) is 54.1 Å². The zero-order chi connectivity index (χ0) is 46.0. The van der Waals surface area contributed by atoms with Crippen LogP contribution in [0.3, 0.4) is 0 Å². The molecule has 5 heterocycles. The number of aromatic nitrogens is 9. The Morgan fingerprint density at radius 1 is 0.766 bits per heavy atom. The number of methoxy groups -OCH3 is 2. The predicted octanol–water partition coefficient (Wildman–Crippen LogP) is 9.30. The van der Waals surface area contributed by atoms with Crippen LogP contribution in [0.2, 0.25) is 0 Å².